The van der Waals surface area contributed by atoms with Gasteiger partial charge in [0.25, 0.3) is 11.8 Å². The van der Waals surface area contributed by atoms with E-state index in [1.165, 1.54) is 0 Å². The molecule has 33 heavy (non-hydrogen) atoms. The molecule has 1 aliphatic carbocycles. The van der Waals surface area contributed by atoms with Crippen molar-refractivity contribution in [2.45, 2.75) is 20.3 Å². The van der Waals surface area contributed by atoms with Gasteiger partial charge in [-0.3, -0.25) is 19.6 Å². The van der Waals surface area contributed by atoms with E-state index in [0.29, 0.717) is 22.5 Å². The van der Waals surface area contributed by atoms with Crippen LogP contribution in [0.3, 0.4) is 0 Å². The monoisotopic (exact) mass is 442 g/mol. The molecule has 0 fully saturated rings. The molecule has 6 heteroatoms. The fourth-order valence-electron chi connectivity index (χ4n) is 3.01. The summed E-state index contributed by atoms with van der Waals surface area (Å²) in [4.78, 5) is 31.7. The zero-order valence-electron chi connectivity index (χ0n) is 18.7. The molecule has 0 saturated carbocycles. The number of carbonyl (C=O) groups excluding carboxylic acids is 2. The zero-order valence-corrected chi connectivity index (χ0v) is 18.7. The van der Waals surface area contributed by atoms with Crippen LogP contribution in [0, 0.1) is 6.92 Å². The van der Waals surface area contributed by atoms with Crippen LogP contribution in [0.25, 0.3) is 0 Å². The summed E-state index contributed by atoms with van der Waals surface area (Å²) in [6.45, 7) is 3.95. The lowest BCUT2D eigenvalue weighted by Crippen LogP contribution is -2.13. The maximum Gasteiger partial charge on any atom is 0.255 e. The number of benzene rings is 1. The number of rotatable bonds is 4. The van der Waals surface area contributed by atoms with Gasteiger partial charge in [-0.1, -0.05) is 41.5 Å². The predicted molar refractivity (Wildman–Crippen MR) is 136 cm³/mol. The van der Waals surface area contributed by atoms with Crippen LogP contribution in [-0.2, 0) is 4.79 Å². The maximum atomic E-state index is 12.0. The molecule has 6 nitrogen and oxygen atoms in total. The number of pyridine rings is 2. The Kier molecular flexibility index (Phi) is 8.42. The lowest BCUT2D eigenvalue weighted by Gasteiger charge is -2.04. The summed E-state index contributed by atoms with van der Waals surface area (Å²) in [5.74, 6) is -0.222. The summed E-state index contributed by atoms with van der Waals surface area (Å²) in [6.07, 6.45) is 15.2. The van der Waals surface area contributed by atoms with Gasteiger partial charge in [0.1, 0.15) is 0 Å². The van der Waals surface area contributed by atoms with Crippen LogP contribution in [0.1, 0.15) is 32.1 Å². The SMILES string of the molecule is CC1=CCC=CC(C(=O)Nc2cccnc2)=C1.Cc1cccc(C(=O)Nc2cccnc2)c1.[HH].[HH]. The molecule has 4 rings (SSSR count). The Morgan fingerprint density at radius 2 is 1.55 bits per heavy atom. The standard InChI is InChI=1S/C14H14N2O.C13H12N2O.2H2/c1-11-5-2-3-6-12(9-11)14(17)16-13-7-4-8-15-10-13;1-10-4-2-5-11(8-10)13(16)15-12-6-3-7-14-9-12;;/h3-10H,2H2,1H3,(H,16,17);2-9H,1H3,(H,15,16);2*1H. The van der Waals surface area contributed by atoms with Crippen molar-refractivity contribution in [3.05, 3.63) is 120 Å². The molecule has 0 spiro atoms. The van der Waals surface area contributed by atoms with Gasteiger partial charge in [-0.2, -0.15) is 0 Å². The normalized spacial score (nSPS) is 12.3. The summed E-state index contributed by atoms with van der Waals surface area (Å²) in [5.41, 5.74) is 4.90. The van der Waals surface area contributed by atoms with Gasteiger partial charge in [-0.15, -0.1) is 0 Å². The third-order valence-electron chi connectivity index (χ3n) is 4.64. The van der Waals surface area contributed by atoms with Crippen molar-refractivity contribution in [1.82, 2.24) is 9.97 Å². The van der Waals surface area contributed by atoms with Crippen molar-refractivity contribution in [2.75, 3.05) is 10.6 Å². The van der Waals surface area contributed by atoms with Gasteiger partial charge in [0.05, 0.1) is 23.8 Å². The summed E-state index contributed by atoms with van der Waals surface area (Å²) in [7, 11) is 0. The Bertz CT molecular complexity index is 1190. The molecule has 0 atom stereocenters. The molecule has 2 amide bonds. The molecular formula is C27H30N4O2. The summed E-state index contributed by atoms with van der Waals surface area (Å²) >= 11 is 0. The molecule has 3 aromatic rings. The second-order valence-corrected chi connectivity index (χ2v) is 7.45. The van der Waals surface area contributed by atoms with Crippen molar-refractivity contribution < 1.29 is 12.4 Å². The highest BCUT2D eigenvalue weighted by Crippen LogP contribution is 2.13. The number of nitrogens with zero attached hydrogens (tertiary/aromatic N) is 2. The largest absolute Gasteiger partial charge is 0.321 e. The lowest BCUT2D eigenvalue weighted by molar-refractivity contribution is -0.112. The van der Waals surface area contributed by atoms with E-state index in [1.807, 2.05) is 56.3 Å². The summed E-state index contributed by atoms with van der Waals surface area (Å²) in [5, 5.41) is 5.60. The van der Waals surface area contributed by atoms with Crippen LogP contribution in [0.15, 0.2) is 109 Å². The van der Waals surface area contributed by atoms with Gasteiger partial charge in [-0.05, 0) is 62.7 Å². The van der Waals surface area contributed by atoms with Crippen LogP contribution >= 0.6 is 0 Å². The Balaban J connectivity index is 0.000000332. The summed E-state index contributed by atoms with van der Waals surface area (Å²) in [6, 6.07) is 14.7. The highest BCUT2D eigenvalue weighted by molar-refractivity contribution is 6.06. The lowest BCUT2D eigenvalue weighted by atomic mass is 10.1. The van der Waals surface area contributed by atoms with Gasteiger partial charge in [0.15, 0.2) is 0 Å². The highest BCUT2D eigenvalue weighted by atomic mass is 16.2. The molecular weight excluding hydrogens is 412 g/mol. The molecule has 1 aliphatic rings. The molecule has 0 unspecified atom stereocenters. The molecule has 2 N–H and O–H groups in total. The first-order valence-electron chi connectivity index (χ1n) is 10.6. The average molecular weight is 443 g/mol. The van der Waals surface area contributed by atoms with E-state index in [4.69, 9.17) is 0 Å². The number of nitrogens with one attached hydrogen (secondary N) is 2. The van der Waals surface area contributed by atoms with E-state index in [2.05, 4.69) is 26.7 Å². The fraction of sp³-hybridized carbons (Fsp3) is 0.111. The first-order chi connectivity index (χ1) is 16.0. The minimum Gasteiger partial charge on any atom is -0.321 e. The van der Waals surface area contributed by atoms with Gasteiger partial charge in [-0.25, -0.2) is 0 Å². The molecule has 1 aromatic carbocycles. The van der Waals surface area contributed by atoms with Crippen LogP contribution in [0.4, 0.5) is 11.4 Å². The number of hydrogen-bond donors (Lipinski definition) is 2. The van der Waals surface area contributed by atoms with Gasteiger partial charge < -0.3 is 10.6 Å². The number of allylic oxidation sites excluding steroid dienone is 4. The second kappa shape index (κ2) is 11.9. The van der Waals surface area contributed by atoms with E-state index < -0.39 is 0 Å². The molecule has 2 aromatic heterocycles. The van der Waals surface area contributed by atoms with Crippen molar-refractivity contribution in [1.29, 1.82) is 0 Å². The third kappa shape index (κ3) is 7.70. The molecule has 0 saturated heterocycles. The van der Waals surface area contributed by atoms with Crippen molar-refractivity contribution in [3.63, 3.8) is 0 Å². The molecule has 0 radical (unpaired) electrons. The van der Waals surface area contributed by atoms with E-state index >= 15 is 0 Å². The number of carbonyl (C=O) groups is 2. The first-order valence-corrected chi connectivity index (χ1v) is 10.6. The fourth-order valence-corrected chi connectivity index (χ4v) is 3.01. The molecule has 2 heterocycles. The van der Waals surface area contributed by atoms with Gasteiger partial charge in [0.2, 0.25) is 0 Å². The van der Waals surface area contributed by atoms with E-state index in [9.17, 15) is 9.59 Å². The number of aromatic nitrogens is 2. The Labute approximate surface area is 196 Å². The average Bonchev–Trinajstić information content (AvgIpc) is 3.05. The maximum absolute atomic E-state index is 12.0. The zero-order chi connectivity index (χ0) is 23.5. The van der Waals surface area contributed by atoms with E-state index in [1.54, 1.807) is 49.1 Å². The number of hydrogen-bond acceptors (Lipinski definition) is 4. The number of aryl methyl sites for hydroxylation is 1. The number of anilines is 2. The van der Waals surface area contributed by atoms with Gasteiger partial charge >= 0.3 is 0 Å². The predicted octanol–water partition coefficient (Wildman–Crippen LogP) is 5.99. The molecule has 170 valence electrons. The molecule has 0 bridgehead atoms. The van der Waals surface area contributed by atoms with Crippen LogP contribution < -0.4 is 10.6 Å². The quantitative estimate of drug-likeness (QED) is 0.520. The Hall–Kier alpha value is -4.32. The molecule has 0 aliphatic heterocycles. The first kappa shape index (κ1) is 23.3. The van der Waals surface area contributed by atoms with Crippen LogP contribution in [0.5, 0.6) is 0 Å². The topological polar surface area (TPSA) is 84.0 Å². The minimum absolute atomic E-state index is 0. The van der Waals surface area contributed by atoms with Crippen molar-refractivity contribution in [2.24, 2.45) is 0 Å². The van der Waals surface area contributed by atoms with E-state index in [0.717, 1.165) is 17.6 Å². The smallest absolute Gasteiger partial charge is 0.255 e. The van der Waals surface area contributed by atoms with Crippen molar-refractivity contribution >= 4 is 23.2 Å². The van der Waals surface area contributed by atoms with Crippen LogP contribution in [-0.4, -0.2) is 21.8 Å². The van der Waals surface area contributed by atoms with E-state index in [-0.39, 0.29) is 14.7 Å². The Morgan fingerprint density at radius 1 is 0.879 bits per heavy atom. The third-order valence-corrected chi connectivity index (χ3v) is 4.64. The van der Waals surface area contributed by atoms with Crippen molar-refractivity contribution in [3.8, 4) is 0 Å². The summed E-state index contributed by atoms with van der Waals surface area (Å²) < 4.78 is 0. The highest BCUT2D eigenvalue weighted by Gasteiger charge is 2.08. The number of amides is 2. The second-order valence-electron chi connectivity index (χ2n) is 7.45. The van der Waals surface area contributed by atoms with Crippen LogP contribution in [0.2, 0.25) is 0 Å². The Morgan fingerprint density at radius 3 is 2.15 bits per heavy atom. The van der Waals surface area contributed by atoms with Gasteiger partial charge in [0, 0.05) is 26.4 Å². The minimum atomic E-state index is -0.114.